The van der Waals surface area contributed by atoms with Gasteiger partial charge in [-0.25, -0.2) is 4.99 Å². The van der Waals surface area contributed by atoms with Gasteiger partial charge in [0.05, 0.1) is 0 Å². The predicted octanol–water partition coefficient (Wildman–Crippen LogP) is 0.216. The van der Waals surface area contributed by atoms with Gasteiger partial charge in [-0.15, -0.1) is 24.0 Å². The molecule has 8 heteroatoms. The Morgan fingerprint density at radius 2 is 1.86 bits per heavy atom. The number of carbonyl (C=O) groups excluding carboxylic acids is 1. The van der Waals surface area contributed by atoms with Gasteiger partial charge in [-0.2, -0.15) is 0 Å². The molecular weight excluding hydrogens is 397 g/mol. The number of hydrogen-bond acceptors (Lipinski definition) is 4. The van der Waals surface area contributed by atoms with Crippen molar-refractivity contribution < 1.29 is 9.53 Å². The molecule has 0 aliphatic rings. The van der Waals surface area contributed by atoms with Crippen LogP contribution in [0.15, 0.2) is 4.99 Å². The molecule has 0 bridgehead atoms. The van der Waals surface area contributed by atoms with Crippen molar-refractivity contribution in [1.29, 1.82) is 0 Å². The minimum absolute atomic E-state index is 0. The second-order valence-corrected chi connectivity index (χ2v) is 5.06. The Bertz CT molecular complexity index is 314. The molecule has 7 nitrogen and oxygen atoms in total. The molecule has 0 aromatic heterocycles. The second kappa shape index (κ2) is 15.3. The number of carbonyl (C=O) groups is 1. The first-order valence-corrected chi connectivity index (χ1v) is 7.41. The molecule has 0 saturated carbocycles. The van der Waals surface area contributed by atoms with Crippen molar-refractivity contribution in [3.63, 3.8) is 0 Å². The maximum Gasteiger partial charge on any atom is 0.243 e. The van der Waals surface area contributed by atoms with Crippen LogP contribution in [0, 0.1) is 0 Å². The molecule has 0 aromatic rings. The quantitative estimate of drug-likeness (QED) is 0.225. The number of aliphatic imine (C=N–C) groups is 1. The SMILES string of the molecule is CCNC(=NCC(=O)N(C)C)NCCN(C)CCCOC.I. The number of nitrogens with zero attached hydrogens (tertiary/aromatic N) is 3. The number of likely N-dealkylation sites (N-methyl/N-ethyl adjacent to an activating group) is 2. The molecule has 0 heterocycles. The van der Waals surface area contributed by atoms with Gasteiger partial charge in [0, 0.05) is 54.0 Å². The van der Waals surface area contributed by atoms with E-state index in [1.54, 1.807) is 21.2 Å². The highest BCUT2D eigenvalue weighted by molar-refractivity contribution is 14.0. The smallest absolute Gasteiger partial charge is 0.243 e. The third-order valence-electron chi connectivity index (χ3n) is 2.89. The van der Waals surface area contributed by atoms with Gasteiger partial charge in [-0.1, -0.05) is 0 Å². The monoisotopic (exact) mass is 429 g/mol. The number of halogens is 1. The fraction of sp³-hybridized carbons (Fsp3) is 0.857. The molecule has 0 aliphatic carbocycles. The summed E-state index contributed by atoms with van der Waals surface area (Å²) in [6.45, 7) is 6.41. The Kier molecular flexibility index (Phi) is 16.4. The van der Waals surface area contributed by atoms with E-state index in [9.17, 15) is 4.79 Å². The van der Waals surface area contributed by atoms with E-state index in [1.807, 2.05) is 6.92 Å². The van der Waals surface area contributed by atoms with E-state index in [4.69, 9.17) is 4.74 Å². The van der Waals surface area contributed by atoms with Gasteiger partial charge in [0.2, 0.25) is 5.91 Å². The zero-order chi connectivity index (χ0) is 16.1. The summed E-state index contributed by atoms with van der Waals surface area (Å²) in [5.41, 5.74) is 0. The Balaban J connectivity index is 0. The standard InChI is InChI=1S/C14H31N5O2.HI/c1-6-15-14(17-12-13(20)18(2)3)16-8-10-19(4)9-7-11-21-5;/h6-12H2,1-5H3,(H2,15,16,17);1H. The summed E-state index contributed by atoms with van der Waals surface area (Å²) in [7, 11) is 7.26. The maximum absolute atomic E-state index is 11.5. The van der Waals surface area contributed by atoms with Crippen LogP contribution in [-0.2, 0) is 9.53 Å². The molecule has 2 N–H and O–H groups in total. The molecule has 0 atom stereocenters. The second-order valence-electron chi connectivity index (χ2n) is 5.06. The molecular formula is C14H32IN5O2. The number of nitrogens with one attached hydrogen (secondary N) is 2. The van der Waals surface area contributed by atoms with Crippen LogP contribution >= 0.6 is 24.0 Å². The fourth-order valence-electron chi connectivity index (χ4n) is 1.59. The normalized spacial score (nSPS) is 11.1. The molecule has 0 fully saturated rings. The van der Waals surface area contributed by atoms with Crippen molar-refractivity contribution in [2.45, 2.75) is 13.3 Å². The minimum Gasteiger partial charge on any atom is -0.385 e. The Labute approximate surface area is 151 Å². The van der Waals surface area contributed by atoms with Crippen LogP contribution in [-0.4, -0.2) is 89.3 Å². The summed E-state index contributed by atoms with van der Waals surface area (Å²) in [4.78, 5) is 19.6. The highest BCUT2D eigenvalue weighted by Gasteiger charge is 2.04. The summed E-state index contributed by atoms with van der Waals surface area (Å²) in [6.07, 6.45) is 1.03. The van der Waals surface area contributed by atoms with E-state index in [2.05, 4.69) is 27.6 Å². The van der Waals surface area contributed by atoms with Gasteiger partial charge < -0.3 is 25.2 Å². The summed E-state index contributed by atoms with van der Waals surface area (Å²) in [6, 6.07) is 0. The molecule has 0 aromatic carbocycles. The minimum atomic E-state index is -0.0103. The van der Waals surface area contributed by atoms with Gasteiger partial charge in [-0.05, 0) is 20.4 Å². The molecule has 132 valence electrons. The number of guanidine groups is 1. The van der Waals surface area contributed by atoms with Crippen LogP contribution in [0.3, 0.4) is 0 Å². The summed E-state index contributed by atoms with van der Waals surface area (Å²) >= 11 is 0. The average Bonchev–Trinajstić information content (AvgIpc) is 2.44. The number of rotatable bonds is 10. The third kappa shape index (κ3) is 13.1. The Hall–Kier alpha value is -0.610. The van der Waals surface area contributed by atoms with E-state index in [-0.39, 0.29) is 36.4 Å². The zero-order valence-electron chi connectivity index (χ0n) is 14.5. The Morgan fingerprint density at radius 1 is 1.18 bits per heavy atom. The van der Waals surface area contributed by atoms with Crippen LogP contribution in [0.2, 0.25) is 0 Å². The summed E-state index contributed by atoms with van der Waals surface area (Å²) in [5, 5.41) is 6.36. The maximum atomic E-state index is 11.5. The van der Waals surface area contributed by atoms with Crippen molar-refractivity contribution in [3.05, 3.63) is 0 Å². The zero-order valence-corrected chi connectivity index (χ0v) is 16.8. The lowest BCUT2D eigenvalue weighted by Crippen LogP contribution is -2.41. The molecule has 1 amide bonds. The van der Waals surface area contributed by atoms with Gasteiger partial charge in [0.1, 0.15) is 6.54 Å². The molecule has 0 saturated heterocycles. The molecule has 0 unspecified atom stereocenters. The lowest BCUT2D eigenvalue weighted by Gasteiger charge is -2.18. The van der Waals surface area contributed by atoms with Gasteiger partial charge in [0.15, 0.2) is 5.96 Å². The van der Waals surface area contributed by atoms with Crippen molar-refractivity contribution in [3.8, 4) is 0 Å². The van der Waals surface area contributed by atoms with Crippen molar-refractivity contribution in [2.24, 2.45) is 4.99 Å². The van der Waals surface area contributed by atoms with E-state index in [1.165, 1.54) is 4.90 Å². The fourth-order valence-corrected chi connectivity index (χ4v) is 1.59. The van der Waals surface area contributed by atoms with E-state index >= 15 is 0 Å². The van der Waals surface area contributed by atoms with E-state index in [0.29, 0.717) is 5.96 Å². The lowest BCUT2D eigenvalue weighted by molar-refractivity contribution is -0.127. The number of ether oxygens (including phenoxy) is 1. The third-order valence-corrected chi connectivity index (χ3v) is 2.89. The number of amides is 1. The highest BCUT2D eigenvalue weighted by Crippen LogP contribution is 1.87. The van der Waals surface area contributed by atoms with Crippen LogP contribution in [0.1, 0.15) is 13.3 Å². The first-order chi connectivity index (χ1) is 10.0. The lowest BCUT2D eigenvalue weighted by atomic mass is 10.4. The number of hydrogen-bond donors (Lipinski definition) is 2. The first kappa shape index (κ1) is 23.7. The topological polar surface area (TPSA) is 69.2 Å². The van der Waals surface area contributed by atoms with Crippen LogP contribution in [0.25, 0.3) is 0 Å². The predicted molar refractivity (Wildman–Crippen MR) is 102 cm³/mol. The van der Waals surface area contributed by atoms with Crippen LogP contribution in [0.5, 0.6) is 0 Å². The van der Waals surface area contributed by atoms with Crippen LogP contribution in [0.4, 0.5) is 0 Å². The molecule has 0 rings (SSSR count). The Morgan fingerprint density at radius 3 is 2.41 bits per heavy atom. The van der Waals surface area contributed by atoms with Crippen molar-refractivity contribution in [1.82, 2.24) is 20.4 Å². The van der Waals surface area contributed by atoms with E-state index in [0.717, 1.165) is 39.2 Å². The first-order valence-electron chi connectivity index (χ1n) is 7.41. The van der Waals surface area contributed by atoms with Gasteiger partial charge >= 0.3 is 0 Å². The van der Waals surface area contributed by atoms with E-state index < -0.39 is 0 Å². The van der Waals surface area contributed by atoms with Crippen molar-refractivity contribution >= 4 is 35.8 Å². The molecule has 0 spiro atoms. The molecule has 22 heavy (non-hydrogen) atoms. The summed E-state index contributed by atoms with van der Waals surface area (Å²) in [5.74, 6) is 0.668. The summed E-state index contributed by atoms with van der Waals surface area (Å²) < 4.78 is 5.03. The van der Waals surface area contributed by atoms with Crippen molar-refractivity contribution in [2.75, 3.05) is 67.6 Å². The molecule has 0 aliphatic heterocycles. The largest absolute Gasteiger partial charge is 0.385 e. The average molecular weight is 429 g/mol. The number of methoxy groups -OCH3 is 1. The molecule has 0 radical (unpaired) electrons. The van der Waals surface area contributed by atoms with Gasteiger partial charge in [-0.3, -0.25) is 4.79 Å². The highest BCUT2D eigenvalue weighted by atomic mass is 127. The van der Waals surface area contributed by atoms with Gasteiger partial charge in [0.25, 0.3) is 0 Å². The van der Waals surface area contributed by atoms with Crippen LogP contribution < -0.4 is 10.6 Å².